The molecule has 0 atom stereocenters. The number of rotatable bonds is 3. The smallest absolute Gasteiger partial charge is 0.156 e. The van der Waals surface area contributed by atoms with Crippen molar-refractivity contribution in [3.8, 4) is 16.8 Å². The first-order valence-electron chi connectivity index (χ1n) is 14.0. The van der Waals surface area contributed by atoms with Crippen LogP contribution in [0.4, 0.5) is 0 Å². The van der Waals surface area contributed by atoms with E-state index in [1.165, 1.54) is 16.5 Å². The summed E-state index contributed by atoms with van der Waals surface area (Å²) in [7, 11) is 0. The normalized spacial score (nSPS) is 15.6. The molecule has 9 rings (SSSR count). The summed E-state index contributed by atoms with van der Waals surface area (Å²) in [6.07, 6.45) is 8.19. The molecule has 1 N–H and O–H groups in total. The second-order valence-electron chi connectivity index (χ2n) is 10.7. The molecule has 1 aliphatic heterocycles. The third kappa shape index (κ3) is 3.04. The van der Waals surface area contributed by atoms with E-state index in [0.717, 1.165) is 55.2 Å². The Labute approximate surface area is 236 Å². The Balaban J connectivity index is 1.42. The van der Waals surface area contributed by atoms with E-state index in [2.05, 4.69) is 130 Å². The highest BCUT2D eigenvalue weighted by atomic mass is 15.1. The highest BCUT2D eigenvalue weighted by molar-refractivity contribution is 6.55. The fraction of sp³-hybridized carbons (Fsp3) is 0.0270. The van der Waals surface area contributed by atoms with Crippen LogP contribution in [0.2, 0.25) is 0 Å². The van der Waals surface area contributed by atoms with Crippen LogP contribution in [0.15, 0.2) is 138 Å². The number of nitrogens with zero attached hydrogens (tertiary/aromatic N) is 3. The van der Waals surface area contributed by atoms with Gasteiger partial charge < -0.3 is 4.57 Å². The van der Waals surface area contributed by atoms with Crippen LogP contribution in [-0.4, -0.2) is 26.7 Å². The largest absolute Gasteiger partial charge is 0.309 e. The Morgan fingerprint density at radius 2 is 1.32 bits per heavy atom. The second-order valence-corrected chi connectivity index (χ2v) is 10.7. The molecule has 0 unspecified atom stereocenters. The van der Waals surface area contributed by atoms with E-state index in [0.29, 0.717) is 5.84 Å². The number of aliphatic imine (C=N–C) groups is 1. The van der Waals surface area contributed by atoms with Crippen LogP contribution < -0.4 is 0 Å². The van der Waals surface area contributed by atoms with E-state index >= 15 is 0 Å². The number of allylic oxidation sites excluding steroid dienone is 2. The maximum Gasteiger partial charge on any atom is 0.156 e. The van der Waals surface area contributed by atoms with Crippen molar-refractivity contribution in [2.75, 3.05) is 0 Å². The van der Waals surface area contributed by atoms with E-state index in [4.69, 9.17) is 4.99 Å². The fourth-order valence-electron chi connectivity index (χ4n) is 6.75. The van der Waals surface area contributed by atoms with Crippen LogP contribution in [-0.2, 0) is 0 Å². The highest BCUT2D eigenvalue weighted by Crippen LogP contribution is 2.44. The van der Waals surface area contributed by atoms with Gasteiger partial charge in [-0.3, -0.25) is 15.0 Å². The van der Waals surface area contributed by atoms with Crippen LogP contribution in [0.3, 0.4) is 0 Å². The molecule has 0 spiro atoms. The van der Waals surface area contributed by atoms with Crippen molar-refractivity contribution in [1.82, 2.24) is 9.13 Å². The lowest BCUT2D eigenvalue weighted by molar-refractivity contribution is 1.05. The lowest BCUT2D eigenvalue weighted by Gasteiger charge is -2.09. The zero-order valence-corrected chi connectivity index (χ0v) is 22.1. The van der Waals surface area contributed by atoms with Gasteiger partial charge in [0.05, 0.1) is 28.1 Å². The summed E-state index contributed by atoms with van der Waals surface area (Å²) in [4.78, 5) is 5.01. The van der Waals surface area contributed by atoms with Crippen LogP contribution in [0.1, 0.15) is 5.56 Å². The number of nitrogens with one attached hydrogen (secondary N) is 1. The molecule has 0 amide bonds. The first-order valence-corrected chi connectivity index (χ1v) is 14.0. The maximum atomic E-state index is 9.42. The number of hydrogen-bond donors (Lipinski definition) is 1. The van der Waals surface area contributed by atoms with Gasteiger partial charge in [-0.2, -0.15) is 0 Å². The van der Waals surface area contributed by atoms with Crippen LogP contribution in [0.25, 0.3) is 60.4 Å². The minimum atomic E-state index is -0.0344. The summed E-state index contributed by atoms with van der Waals surface area (Å²) < 4.78 is 4.51. The number of aromatic nitrogens is 2. The van der Waals surface area contributed by atoms with Crippen molar-refractivity contribution in [2.24, 2.45) is 4.99 Å². The number of fused-ring (bicyclic) bond motifs is 7. The standard InChI is InChI=1S/C37H24N4/c38-37-34(39-25-12-7-8-13-25)30-17-9-16-27-28-20-21-31-33(36(28)41(37)35(27)30)29-19-18-24(23-10-3-1-4-11-23)22-32(29)40(31)26-14-5-2-6-15-26/h1-22,25,38H. The summed E-state index contributed by atoms with van der Waals surface area (Å²) in [5, 5.41) is 14.1. The van der Waals surface area contributed by atoms with Crippen molar-refractivity contribution in [2.45, 2.75) is 6.04 Å². The van der Waals surface area contributed by atoms with Crippen LogP contribution in [0.5, 0.6) is 0 Å². The van der Waals surface area contributed by atoms with E-state index in [-0.39, 0.29) is 6.04 Å². The molecule has 7 aromatic rings. The Hall–Kier alpha value is -5.48. The Morgan fingerprint density at radius 1 is 0.585 bits per heavy atom. The predicted octanol–water partition coefficient (Wildman–Crippen LogP) is 8.68. The molecule has 0 saturated carbocycles. The monoisotopic (exact) mass is 524 g/mol. The minimum Gasteiger partial charge on any atom is -0.309 e. The molecule has 0 bridgehead atoms. The molecule has 192 valence electrons. The maximum absolute atomic E-state index is 9.42. The number of benzene rings is 5. The van der Waals surface area contributed by atoms with Crippen molar-refractivity contribution >= 4 is 55.2 Å². The molecule has 0 radical (unpaired) electrons. The molecule has 4 nitrogen and oxygen atoms in total. The molecule has 2 aliphatic rings. The Bertz CT molecular complexity index is 2300. The molecule has 5 aromatic carbocycles. The Morgan fingerprint density at radius 3 is 2.12 bits per heavy atom. The minimum absolute atomic E-state index is 0.0344. The predicted molar refractivity (Wildman–Crippen MR) is 171 cm³/mol. The Kier molecular flexibility index (Phi) is 4.50. The topological polar surface area (TPSA) is 46.1 Å². The molecular weight excluding hydrogens is 500 g/mol. The quantitative estimate of drug-likeness (QED) is 0.240. The molecule has 1 aliphatic carbocycles. The second kappa shape index (κ2) is 8.26. The van der Waals surface area contributed by atoms with E-state index < -0.39 is 0 Å². The summed E-state index contributed by atoms with van der Waals surface area (Å²) in [6.45, 7) is 0. The van der Waals surface area contributed by atoms with Crippen molar-refractivity contribution in [3.63, 3.8) is 0 Å². The third-order valence-corrected chi connectivity index (χ3v) is 8.51. The summed E-state index contributed by atoms with van der Waals surface area (Å²) in [5.41, 5.74) is 9.71. The molecule has 2 aromatic heterocycles. The zero-order valence-electron chi connectivity index (χ0n) is 22.1. The van der Waals surface area contributed by atoms with Gasteiger partial charge in [0.1, 0.15) is 5.71 Å². The summed E-state index contributed by atoms with van der Waals surface area (Å²) in [6, 6.07) is 38.7. The van der Waals surface area contributed by atoms with Crippen molar-refractivity contribution in [3.05, 3.63) is 139 Å². The first-order chi connectivity index (χ1) is 20.3. The zero-order chi connectivity index (χ0) is 27.1. The van der Waals surface area contributed by atoms with Gasteiger partial charge in [0.25, 0.3) is 0 Å². The molecule has 3 heterocycles. The van der Waals surface area contributed by atoms with E-state index in [1.54, 1.807) is 0 Å². The molecule has 0 saturated heterocycles. The van der Waals surface area contributed by atoms with Crippen LogP contribution in [0, 0.1) is 5.41 Å². The van der Waals surface area contributed by atoms with Crippen molar-refractivity contribution in [1.29, 1.82) is 5.41 Å². The van der Waals surface area contributed by atoms with E-state index in [1.807, 2.05) is 12.2 Å². The lowest BCUT2D eigenvalue weighted by atomic mass is 10.0. The average Bonchev–Trinajstić information content (AvgIpc) is 3.79. The van der Waals surface area contributed by atoms with Gasteiger partial charge in [0.15, 0.2) is 5.84 Å². The van der Waals surface area contributed by atoms with E-state index in [9.17, 15) is 5.41 Å². The molecule has 0 fully saturated rings. The van der Waals surface area contributed by atoms with Gasteiger partial charge >= 0.3 is 0 Å². The summed E-state index contributed by atoms with van der Waals surface area (Å²) >= 11 is 0. The van der Waals surface area contributed by atoms with Gasteiger partial charge in [-0.1, -0.05) is 109 Å². The SMILES string of the molecule is N=C1C(=NC2C=CC=C2)c2cccc3c4ccc5c(c6ccc(-c7ccccc7)cc6n5-c5ccccc5)c4n1c23. The number of para-hydroxylation sites is 2. The number of hydrogen-bond acceptors (Lipinski definition) is 2. The van der Waals surface area contributed by atoms with Crippen molar-refractivity contribution < 1.29 is 0 Å². The molecule has 41 heavy (non-hydrogen) atoms. The van der Waals surface area contributed by atoms with Gasteiger partial charge in [-0.15, -0.1) is 0 Å². The highest BCUT2D eigenvalue weighted by Gasteiger charge is 2.31. The fourth-order valence-corrected chi connectivity index (χ4v) is 6.75. The van der Waals surface area contributed by atoms with Crippen LogP contribution >= 0.6 is 0 Å². The molecular formula is C37H24N4. The summed E-state index contributed by atoms with van der Waals surface area (Å²) in [5.74, 6) is 0.439. The van der Waals surface area contributed by atoms with Gasteiger partial charge in [-0.05, 0) is 35.4 Å². The third-order valence-electron chi connectivity index (χ3n) is 8.51. The average molecular weight is 525 g/mol. The van der Waals surface area contributed by atoms with Gasteiger partial charge in [-0.25, -0.2) is 0 Å². The lowest BCUT2D eigenvalue weighted by Crippen LogP contribution is -2.17. The first kappa shape index (κ1) is 22.3. The molecule has 4 heteroatoms. The van der Waals surface area contributed by atoms with Gasteiger partial charge in [0, 0.05) is 32.8 Å². The van der Waals surface area contributed by atoms with Gasteiger partial charge in [0.2, 0.25) is 0 Å².